The van der Waals surface area contributed by atoms with E-state index in [1.807, 2.05) is 0 Å². The summed E-state index contributed by atoms with van der Waals surface area (Å²) < 4.78 is 0. The molecule has 0 bridgehead atoms. The lowest BCUT2D eigenvalue weighted by molar-refractivity contribution is -0.119. The highest BCUT2D eigenvalue weighted by Gasteiger charge is 2.20. The van der Waals surface area contributed by atoms with Gasteiger partial charge in [-0.25, -0.2) is 4.98 Å². The maximum atomic E-state index is 12.4. The minimum atomic E-state index is -0.882. The lowest BCUT2D eigenvalue weighted by atomic mass is 10.0. The number of aromatic nitrogens is 2. The molecular weight excluding hydrogens is 320 g/mol. The zero-order chi connectivity index (χ0) is 17.8. The fourth-order valence-corrected chi connectivity index (χ4v) is 2.41. The number of primary amides is 1. The van der Waals surface area contributed by atoms with Gasteiger partial charge in [-0.1, -0.05) is 12.1 Å². The number of phenolic OH excluding ortho intramolecular Hbond substituents is 1. The number of nitrogens with one attached hydrogen (secondary N) is 1. The number of fused-ring (bicyclic) bond motifs is 1. The summed E-state index contributed by atoms with van der Waals surface area (Å²) in [5.74, 6) is -1.01. The highest BCUT2D eigenvalue weighted by molar-refractivity contribution is 5.97. The Balaban J connectivity index is 1.77. The predicted octanol–water partition coefficient (Wildman–Crippen LogP) is 1.16. The van der Waals surface area contributed by atoms with E-state index in [1.165, 1.54) is 12.1 Å². The Morgan fingerprint density at radius 3 is 2.60 bits per heavy atom. The van der Waals surface area contributed by atoms with Gasteiger partial charge in [0.2, 0.25) is 5.91 Å². The van der Waals surface area contributed by atoms with Crippen LogP contribution < -0.4 is 11.1 Å². The second kappa shape index (κ2) is 6.96. The van der Waals surface area contributed by atoms with Gasteiger partial charge in [0.1, 0.15) is 17.5 Å². The van der Waals surface area contributed by atoms with Gasteiger partial charge in [0.15, 0.2) is 0 Å². The number of carbonyl (C=O) groups is 2. The first kappa shape index (κ1) is 16.4. The van der Waals surface area contributed by atoms with Crippen molar-refractivity contribution in [1.29, 1.82) is 0 Å². The molecule has 2 aromatic heterocycles. The van der Waals surface area contributed by atoms with Crippen molar-refractivity contribution >= 4 is 22.7 Å². The van der Waals surface area contributed by atoms with Crippen molar-refractivity contribution < 1.29 is 14.7 Å². The first-order valence-corrected chi connectivity index (χ1v) is 7.62. The molecule has 4 N–H and O–H groups in total. The summed E-state index contributed by atoms with van der Waals surface area (Å²) in [4.78, 5) is 32.4. The summed E-state index contributed by atoms with van der Waals surface area (Å²) in [5, 5.41) is 12.7. The van der Waals surface area contributed by atoms with Crippen LogP contribution in [0.4, 0.5) is 0 Å². The zero-order valence-corrected chi connectivity index (χ0v) is 13.2. The second-order valence-electron chi connectivity index (χ2n) is 5.56. The number of carbonyl (C=O) groups excluding carboxylic acids is 2. The molecule has 126 valence electrons. The number of hydrogen-bond acceptors (Lipinski definition) is 5. The van der Waals surface area contributed by atoms with Crippen LogP contribution in [-0.4, -0.2) is 32.9 Å². The van der Waals surface area contributed by atoms with Gasteiger partial charge in [-0.15, -0.1) is 0 Å². The van der Waals surface area contributed by atoms with Crippen LogP contribution in [0, 0.1) is 0 Å². The van der Waals surface area contributed by atoms with E-state index in [1.54, 1.807) is 42.7 Å². The van der Waals surface area contributed by atoms with Crippen LogP contribution in [0.2, 0.25) is 0 Å². The molecule has 0 aliphatic rings. The summed E-state index contributed by atoms with van der Waals surface area (Å²) in [7, 11) is 0. The van der Waals surface area contributed by atoms with Gasteiger partial charge in [0, 0.05) is 24.2 Å². The molecule has 3 aromatic rings. The molecule has 3 rings (SSSR count). The highest BCUT2D eigenvalue weighted by Crippen LogP contribution is 2.13. The van der Waals surface area contributed by atoms with Crippen molar-refractivity contribution in [2.24, 2.45) is 5.73 Å². The molecule has 0 aliphatic carbocycles. The normalized spacial score (nSPS) is 11.8. The van der Waals surface area contributed by atoms with E-state index in [2.05, 4.69) is 15.3 Å². The number of hydrogen-bond donors (Lipinski definition) is 3. The molecular formula is C18H16N4O3. The van der Waals surface area contributed by atoms with Crippen LogP contribution in [0.15, 0.2) is 54.9 Å². The largest absolute Gasteiger partial charge is 0.508 e. The van der Waals surface area contributed by atoms with Crippen LogP contribution in [0.3, 0.4) is 0 Å². The Morgan fingerprint density at radius 1 is 1.12 bits per heavy atom. The second-order valence-corrected chi connectivity index (χ2v) is 5.56. The van der Waals surface area contributed by atoms with Crippen molar-refractivity contribution in [2.45, 2.75) is 12.5 Å². The number of rotatable bonds is 5. The first-order chi connectivity index (χ1) is 12.0. The maximum absolute atomic E-state index is 12.4. The first-order valence-electron chi connectivity index (χ1n) is 7.62. The van der Waals surface area contributed by atoms with Gasteiger partial charge in [-0.2, -0.15) is 0 Å². The summed E-state index contributed by atoms with van der Waals surface area (Å²) in [6.07, 6.45) is 3.47. The Morgan fingerprint density at radius 2 is 1.88 bits per heavy atom. The third-order valence-electron chi connectivity index (χ3n) is 3.75. The Labute approximate surface area is 143 Å². The number of nitrogens with zero attached hydrogens (tertiary/aromatic N) is 2. The number of pyridine rings is 2. The van der Waals surface area contributed by atoms with Crippen molar-refractivity contribution in [3.05, 3.63) is 66.1 Å². The number of benzene rings is 1. The van der Waals surface area contributed by atoms with Gasteiger partial charge >= 0.3 is 0 Å². The van der Waals surface area contributed by atoms with Gasteiger partial charge in [0.25, 0.3) is 5.91 Å². The number of nitrogens with two attached hydrogens (primary N) is 1. The monoisotopic (exact) mass is 336 g/mol. The molecule has 1 atom stereocenters. The van der Waals surface area contributed by atoms with E-state index in [0.717, 1.165) is 10.9 Å². The third kappa shape index (κ3) is 3.89. The molecule has 25 heavy (non-hydrogen) atoms. The molecule has 2 amide bonds. The molecule has 0 radical (unpaired) electrons. The van der Waals surface area contributed by atoms with Crippen LogP contribution in [0.25, 0.3) is 10.9 Å². The number of amides is 2. The minimum absolute atomic E-state index is 0.123. The summed E-state index contributed by atoms with van der Waals surface area (Å²) >= 11 is 0. The van der Waals surface area contributed by atoms with E-state index in [9.17, 15) is 14.7 Å². The molecule has 0 fully saturated rings. The smallest absolute Gasteiger partial charge is 0.270 e. The van der Waals surface area contributed by atoms with Gasteiger partial charge in [-0.3, -0.25) is 14.6 Å². The van der Waals surface area contributed by atoms with E-state index < -0.39 is 17.9 Å². The van der Waals surface area contributed by atoms with E-state index in [4.69, 9.17) is 5.73 Å². The van der Waals surface area contributed by atoms with Gasteiger partial charge in [0.05, 0.1) is 5.52 Å². The molecule has 7 heteroatoms. The standard InChI is InChI=1S/C18H16N4O3/c19-17(24)16(9-11-1-4-13(23)5-2-11)22-18(25)15-6-3-12-10-20-8-7-14(12)21-15/h1-8,10,16,23H,9H2,(H2,19,24)(H,22,25). The minimum Gasteiger partial charge on any atom is -0.508 e. The van der Waals surface area contributed by atoms with Crippen LogP contribution >= 0.6 is 0 Å². The van der Waals surface area contributed by atoms with Gasteiger partial charge in [-0.05, 0) is 35.9 Å². The fraction of sp³-hybridized carbons (Fsp3) is 0.111. The SMILES string of the molecule is NC(=O)C(Cc1ccc(O)cc1)NC(=O)c1ccc2cnccc2n1. The van der Waals surface area contributed by atoms with Crippen molar-refractivity contribution in [3.8, 4) is 5.75 Å². The Kier molecular flexibility index (Phi) is 4.56. The molecule has 0 saturated heterocycles. The molecule has 0 saturated carbocycles. The van der Waals surface area contributed by atoms with Crippen molar-refractivity contribution in [1.82, 2.24) is 15.3 Å². The van der Waals surface area contributed by atoms with Crippen LogP contribution in [0.5, 0.6) is 5.75 Å². The van der Waals surface area contributed by atoms with E-state index in [0.29, 0.717) is 5.52 Å². The number of phenols is 1. The summed E-state index contributed by atoms with van der Waals surface area (Å²) in [5.41, 5.74) is 6.99. The molecule has 1 unspecified atom stereocenters. The molecule has 1 aromatic carbocycles. The average molecular weight is 336 g/mol. The van der Waals surface area contributed by atoms with Crippen molar-refractivity contribution in [2.75, 3.05) is 0 Å². The lowest BCUT2D eigenvalue weighted by Gasteiger charge is -2.15. The van der Waals surface area contributed by atoms with Crippen LogP contribution in [0.1, 0.15) is 16.1 Å². The number of aromatic hydroxyl groups is 1. The van der Waals surface area contributed by atoms with E-state index in [-0.39, 0.29) is 17.9 Å². The molecule has 2 heterocycles. The zero-order valence-electron chi connectivity index (χ0n) is 13.2. The molecule has 0 aliphatic heterocycles. The third-order valence-corrected chi connectivity index (χ3v) is 3.75. The Bertz CT molecular complexity index is 925. The van der Waals surface area contributed by atoms with Crippen LogP contribution in [-0.2, 0) is 11.2 Å². The van der Waals surface area contributed by atoms with E-state index >= 15 is 0 Å². The average Bonchev–Trinajstić information content (AvgIpc) is 2.62. The fourth-order valence-electron chi connectivity index (χ4n) is 2.41. The van der Waals surface area contributed by atoms with Crippen molar-refractivity contribution in [3.63, 3.8) is 0 Å². The summed E-state index contributed by atoms with van der Waals surface area (Å²) in [6, 6.07) is 10.5. The quantitative estimate of drug-likeness (QED) is 0.646. The molecule has 0 spiro atoms. The highest BCUT2D eigenvalue weighted by atomic mass is 16.3. The summed E-state index contributed by atoms with van der Waals surface area (Å²) in [6.45, 7) is 0. The lowest BCUT2D eigenvalue weighted by Crippen LogP contribution is -2.46. The Hall–Kier alpha value is -3.48. The van der Waals surface area contributed by atoms with Gasteiger partial charge < -0.3 is 16.2 Å². The topological polar surface area (TPSA) is 118 Å². The maximum Gasteiger partial charge on any atom is 0.270 e. The predicted molar refractivity (Wildman–Crippen MR) is 91.8 cm³/mol. The molecule has 7 nitrogen and oxygen atoms in total.